The number of rotatable bonds is 4. The minimum absolute atomic E-state index is 0.249. The van der Waals surface area contributed by atoms with Gasteiger partial charge in [0, 0.05) is 33.2 Å². The standard InChI is InChI=1S/C12H20BrN5O/c1-3-8-11(13)10(17(2)16-8)7-18-5-4-15-6-9(18)12(14)19/h9,15H,3-7H2,1-2H3,(H2,14,19). The van der Waals surface area contributed by atoms with Crippen LogP contribution < -0.4 is 11.1 Å². The number of hydrogen-bond acceptors (Lipinski definition) is 4. The van der Waals surface area contributed by atoms with Gasteiger partial charge in [-0.15, -0.1) is 0 Å². The Morgan fingerprint density at radius 3 is 2.95 bits per heavy atom. The van der Waals surface area contributed by atoms with Gasteiger partial charge in [0.15, 0.2) is 0 Å². The van der Waals surface area contributed by atoms with Crippen LogP contribution in [0.5, 0.6) is 0 Å². The van der Waals surface area contributed by atoms with Crippen LogP contribution in [0.1, 0.15) is 18.3 Å². The van der Waals surface area contributed by atoms with E-state index in [1.54, 1.807) is 0 Å². The summed E-state index contributed by atoms with van der Waals surface area (Å²) in [6, 6.07) is -0.249. The minimum atomic E-state index is -0.277. The van der Waals surface area contributed by atoms with Crippen LogP contribution in [0.3, 0.4) is 0 Å². The highest BCUT2D eigenvalue weighted by molar-refractivity contribution is 9.10. The third-order valence-corrected chi connectivity index (χ3v) is 4.45. The smallest absolute Gasteiger partial charge is 0.236 e. The van der Waals surface area contributed by atoms with Crippen molar-refractivity contribution < 1.29 is 4.79 Å². The summed E-state index contributed by atoms with van der Waals surface area (Å²) < 4.78 is 2.92. The van der Waals surface area contributed by atoms with E-state index in [-0.39, 0.29) is 11.9 Å². The molecule has 2 rings (SSSR count). The largest absolute Gasteiger partial charge is 0.368 e. The number of aromatic nitrogens is 2. The van der Waals surface area contributed by atoms with E-state index in [2.05, 4.69) is 38.2 Å². The number of aryl methyl sites for hydroxylation is 2. The van der Waals surface area contributed by atoms with Crippen LogP contribution in [0, 0.1) is 0 Å². The highest BCUT2D eigenvalue weighted by Crippen LogP contribution is 2.23. The summed E-state index contributed by atoms with van der Waals surface area (Å²) in [5.41, 5.74) is 7.60. The number of amides is 1. The lowest BCUT2D eigenvalue weighted by atomic mass is 10.1. The number of piperazine rings is 1. The van der Waals surface area contributed by atoms with Crippen LogP contribution in [0.4, 0.5) is 0 Å². The molecule has 106 valence electrons. The van der Waals surface area contributed by atoms with Crippen molar-refractivity contribution in [1.82, 2.24) is 20.0 Å². The van der Waals surface area contributed by atoms with Gasteiger partial charge in [0.1, 0.15) is 6.04 Å². The molecule has 0 saturated carbocycles. The second-order valence-corrected chi connectivity index (χ2v) is 5.57. The second kappa shape index (κ2) is 6.02. The van der Waals surface area contributed by atoms with Gasteiger partial charge in [0.2, 0.25) is 5.91 Å². The van der Waals surface area contributed by atoms with Crippen LogP contribution >= 0.6 is 15.9 Å². The zero-order valence-corrected chi connectivity index (χ0v) is 12.9. The van der Waals surface area contributed by atoms with Crippen molar-refractivity contribution in [3.8, 4) is 0 Å². The quantitative estimate of drug-likeness (QED) is 0.815. The van der Waals surface area contributed by atoms with Gasteiger partial charge in [-0.25, -0.2) is 0 Å². The van der Waals surface area contributed by atoms with Gasteiger partial charge in [-0.05, 0) is 22.4 Å². The van der Waals surface area contributed by atoms with Crippen molar-refractivity contribution in [2.75, 3.05) is 19.6 Å². The van der Waals surface area contributed by atoms with E-state index in [1.165, 1.54) is 0 Å². The van der Waals surface area contributed by atoms with Crippen molar-refractivity contribution in [2.45, 2.75) is 25.9 Å². The summed E-state index contributed by atoms with van der Waals surface area (Å²) in [4.78, 5) is 13.6. The number of nitrogens with two attached hydrogens (primary N) is 1. The summed E-state index contributed by atoms with van der Waals surface area (Å²) in [5, 5.41) is 7.68. The van der Waals surface area contributed by atoms with Crippen LogP contribution in [0.2, 0.25) is 0 Å². The van der Waals surface area contributed by atoms with Crippen molar-refractivity contribution in [3.63, 3.8) is 0 Å². The van der Waals surface area contributed by atoms with E-state index in [0.29, 0.717) is 13.1 Å². The van der Waals surface area contributed by atoms with E-state index in [9.17, 15) is 4.79 Å². The third-order valence-electron chi connectivity index (χ3n) is 3.54. The first-order valence-corrected chi connectivity index (χ1v) is 7.28. The maximum atomic E-state index is 11.5. The van der Waals surface area contributed by atoms with Gasteiger partial charge in [0.05, 0.1) is 15.9 Å². The fraction of sp³-hybridized carbons (Fsp3) is 0.667. The highest BCUT2D eigenvalue weighted by Gasteiger charge is 2.28. The first kappa shape index (κ1) is 14.5. The summed E-state index contributed by atoms with van der Waals surface area (Å²) in [7, 11) is 1.93. The number of carbonyl (C=O) groups excluding carboxylic acids is 1. The maximum absolute atomic E-state index is 11.5. The fourth-order valence-electron chi connectivity index (χ4n) is 2.40. The van der Waals surface area contributed by atoms with Crippen molar-refractivity contribution in [3.05, 3.63) is 15.9 Å². The molecule has 1 fully saturated rings. The molecule has 0 radical (unpaired) electrons. The van der Waals surface area contributed by atoms with Gasteiger partial charge in [-0.1, -0.05) is 6.92 Å². The molecule has 1 saturated heterocycles. The minimum Gasteiger partial charge on any atom is -0.368 e. The Kier molecular flexibility index (Phi) is 4.59. The number of primary amides is 1. The zero-order chi connectivity index (χ0) is 14.0. The van der Waals surface area contributed by atoms with Gasteiger partial charge >= 0.3 is 0 Å². The predicted molar refractivity (Wildman–Crippen MR) is 76.5 cm³/mol. The van der Waals surface area contributed by atoms with Crippen molar-refractivity contribution >= 4 is 21.8 Å². The Balaban J connectivity index is 2.19. The monoisotopic (exact) mass is 329 g/mol. The van der Waals surface area contributed by atoms with Crippen molar-refractivity contribution in [2.24, 2.45) is 12.8 Å². The molecule has 1 aromatic rings. The molecule has 0 aliphatic carbocycles. The average Bonchev–Trinajstić information content (AvgIpc) is 2.66. The molecule has 0 aromatic carbocycles. The van der Waals surface area contributed by atoms with Gasteiger partial charge < -0.3 is 11.1 Å². The molecule has 1 aliphatic heterocycles. The summed E-state index contributed by atoms with van der Waals surface area (Å²) >= 11 is 3.60. The SMILES string of the molecule is CCc1nn(C)c(CN2CCNCC2C(N)=O)c1Br. The van der Waals surface area contributed by atoms with Gasteiger partial charge in [-0.2, -0.15) is 5.10 Å². The molecular weight excluding hydrogens is 310 g/mol. The lowest BCUT2D eigenvalue weighted by Gasteiger charge is -2.34. The van der Waals surface area contributed by atoms with Gasteiger partial charge in [-0.3, -0.25) is 14.4 Å². The zero-order valence-electron chi connectivity index (χ0n) is 11.3. The normalized spacial score (nSPS) is 20.7. The van der Waals surface area contributed by atoms with E-state index in [1.807, 2.05) is 11.7 Å². The number of nitrogens with zero attached hydrogens (tertiary/aromatic N) is 3. The Morgan fingerprint density at radius 1 is 1.63 bits per heavy atom. The molecule has 3 N–H and O–H groups in total. The van der Waals surface area contributed by atoms with Crippen LogP contribution in [-0.2, 0) is 24.8 Å². The third kappa shape index (κ3) is 2.98. The molecule has 2 heterocycles. The summed E-state index contributed by atoms with van der Waals surface area (Å²) in [6.45, 7) is 5.06. The number of hydrogen-bond donors (Lipinski definition) is 2. The molecule has 1 aliphatic rings. The summed E-state index contributed by atoms with van der Waals surface area (Å²) in [5.74, 6) is -0.277. The molecule has 0 spiro atoms. The predicted octanol–water partition coefficient (Wildman–Crippen LogP) is 0.00410. The highest BCUT2D eigenvalue weighted by atomic mass is 79.9. The topological polar surface area (TPSA) is 76.2 Å². The molecule has 7 heteroatoms. The number of halogens is 1. The molecular formula is C12H20BrN5O. The number of carbonyl (C=O) groups is 1. The van der Waals surface area contributed by atoms with Gasteiger partial charge in [0.25, 0.3) is 0 Å². The molecule has 1 amide bonds. The molecule has 1 unspecified atom stereocenters. The number of nitrogens with one attached hydrogen (secondary N) is 1. The second-order valence-electron chi connectivity index (χ2n) is 4.78. The average molecular weight is 330 g/mol. The summed E-state index contributed by atoms with van der Waals surface area (Å²) in [6.07, 6.45) is 0.884. The first-order valence-electron chi connectivity index (χ1n) is 6.49. The van der Waals surface area contributed by atoms with Crippen LogP contribution in [0.15, 0.2) is 4.47 Å². The Labute approximate surface area is 121 Å². The Hall–Kier alpha value is -0.920. The first-order chi connectivity index (χ1) is 9.04. The van der Waals surface area contributed by atoms with E-state index >= 15 is 0 Å². The van der Waals surface area contributed by atoms with Crippen LogP contribution in [-0.4, -0.2) is 46.3 Å². The van der Waals surface area contributed by atoms with Crippen molar-refractivity contribution in [1.29, 1.82) is 0 Å². The maximum Gasteiger partial charge on any atom is 0.236 e. The molecule has 0 bridgehead atoms. The fourth-order valence-corrected chi connectivity index (χ4v) is 3.14. The van der Waals surface area contributed by atoms with E-state index in [0.717, 1.165) is 35.4 Å². The Bertz CT molecular complexity index is 473. The molecule has 6 nitrogen and oxygen atoms in total. The van der Waals surface area contributed by atoms with E-state index < -0.39 is 0 Å². The lowest BCUT2D eigenvalue weighted by molar-refractivity contribution is -0.124. The molecule has 1 aromatic heterocycles. The van der Waals surface area contributed by atoms with E-state index in [4.69, 9.17) is 5.73 Å². The lowest BCUT2D eigenvalue weighted by Crippen LogP contribution is -2.56. The Morgan fingerprint density at radius 2 is 2.37 bits per heavy atom. The molecule has 1 atom stereocenters. The van der Waals surface area contributed by atoms with Crippen LogP contribution in [0.25, 0.3) is 0 Å². The molecule has 19 heavy (non-hydrogen) atoms.